The topological polar surface area (TPSA) is 47.3 Å². The molecule has 5 heteroatoms. The molecule has 18 heavy (non-hydrogen) atoms. The average molecular weight is 273 g/mol. The first kappa shape index (κ1) is 13.8. The van der Waals surface area contributed by atoms with Crippen LogP contribution in [0.2, 0.25) is 5.15 Å². The first-order valence-electron chi connectivity index (χ1n) is 6.41. The largest absolute Gasteiger partial charge is 0.387 e. The highest BCUT2D eigenvalue weighted by molar-refractivity contribution is 6.30. The molecule has 2 unspecified atom stereocenters. The minimum absolute atomic E-state index is 0.109. The predicted molar refractivity (Wildman–Crippen MR) is 70.9 cm³/mol. The number of aromatic nitrogens is 2. The normalized spacial score (nSPS) is 28.6. The molecule has 1 aromatic heterocycles. The molecule has 1 saturated carbocycles. The van der Waals surface area contributed by atoms with E-state index in [9.17, 15) is 5.11 Å². The maximum absolute atomic E-state index is 10.8. The predicted octanol–water partition coefficient (Wildman–Crippen LogP) is 2.24. The lowest BCUT2D eigenvalue weighted by molar-refractivity contribution is -0.116. The number of hydrogen-bond donors (Lipinski definition) is 1. The smallest absolute Gasteiger partial charge is 0.130 e. The summed E-state index contributed by atoms with van der Waals surface area (Å²) in [5.74, 6) is 0. The zero-order valence-electron chi connectivity index (χ0n) is 11.2. The van der Waals surface area contributed by atoms with Gasteiger partial charge in [0.2, 0.25) is 0 Å². The molecule has 1 N–H and O–H groups in total. The maximum atomic E-state index is 10.8. The van der Waals surface area contributed by atoms with E-state index >= 15 is 0 Å². The zero-order chi connectivity index (χ0) is 13.3. The van der Waals surface area contributed by atoms with Crippen molar-refractivity contribution < 1.29 is 9.84 Å². The molecule has 4 nitrogen and oxygen atoms in total. The number of halogens is 1. The molecule has 0 aromatic carbocycles. The molecular formula is C13H21ClN2O2. The van der Waals surface area contributed by atoms with Gasteiger partial charge in [-0.25, -0.2) is 0 Å². The highest BCUT2D eigenvalue weighted by Gasteiger charge is 2.40. The van der Waals surface area contributed by atoms with Crippen LogP contribution in [0.25, 0.3) is 0 Å². The van der Waals surface area contributed by atoms with Crippen LogP contribution in [0.4, 0.5) is 0 Å². The van der Waals surface area contributed by atoms with Crippen LogP contribution in [-0.2, 0) is 18.2 Å². The Kier molecular flexibility index (Phi) is 3.99. The van der Waals surface area contributed by atoms with Crippen molar-refractivity contribution in [3.05, 3.63) is 16.4 Å². The Morgan fingerprint density at radius 3 is 2.83 bits per heavy atom. The van der Waals surface area contributed by atoms with Gasteiger partial charge in [0.15, 0.2) is 0 Å². The summed E-state index contributed by atoms with van der Waals surface area (Å²) in [6.07, 6.45) is 4.22. The van der Waals surface area contributed by atoms with Crippen molar-refractivity contribution in [1.82, 2.24) is 9.78 Å². The summed E-state index contributed by atoms with van der Waals surface area (Å²) >= 11 is 6.23. The molecule has 1 aromatic rings. The van der Waals surface area contributed by atoms with Crippen molar-refractivity contribution in [3.63, 3.8) is 0 Å². The molecule has 0 saturated heterocycles. The van der Waals surface area contributed by atoms with Crippen LogP contribution >= 0.6 is 11.6 Å². The van der Waals surface area contributed by atoms with E-state index in [1.54, 1.807) is 11.8 Å². The average Bonchev–Trinajstić information content (AvgIpc) is 2.56. The van der Waals surface area contributed by atoms with Crippen LogP contribution in [-0.4, -0.2) is 33.7 Å². The second-order valence-corrected chi connectivity index (χ2v) is 5.59. The molecule has 2 atom stereocenters. The Hall–Kier alpha value is -0.580. The third-order valence-corrected chi connectivity index (χ3v) is 4.44. The lowest BCUT2D eigenvalue weighted by Crippen LogP contribution is -2.47. The minimum Gasteiger partial charge on any atom is -0.387 e. The summed E-state index contributed by atoms with van der Waals surface area (Å²) in [5, 5.41) is 15.7. The molecule has 0 spiro atoms. The second kappa shape index (κ2) is 5.19. The quantitative estimate of drug-likeness (QED) is 0.918. The first-order chi connectivity index (χ1) is 8.48. The Morgan fingerprint density at radius 2 is 2.28 bits per heavy atom. The summed E-state index contributed by atoms with van der Waals surface area (Å²) in [4.78, 5) is 0. The molecule has 102 valence electrons. The van der Waals surface area contributed by atoms with E-state index in [4.69, 9.17) is 16.3 Å². The van der Waals surface area contributed by atoms with E-state index < -0.39 is 5.60 Å². The molecule has 2 rings (SSSR count). The van der Waals surface area contributed by atoms with Gasteiger partial charge < -0.3 is 9.84 Å². The Morgan fingerprint density at radius 1 is 1.56 bits per heavy atom. The lowest BCUT2D eigenvalue weighted by Gasteiger charge is -2.39. The van der Waals surface area contributed by atoms with Crippen molar-refractivity contribution in [3.8, 4) is 0 Å². The maximum Gasteiger partial charge on any atom is 0.130 e. The fraction of sp³-hybridized carbons (Fsp3) is 0.769. The van der Waals surface area contributed by atoms with Crippen molar-refractivity contribution in [2.75, 3.05) is 7.11 Å². The van der Waals surface area contributed by atoms with E-state index in [1.165, 1.54) is 0 Å². The van der Waals surface area contributed by atoms with E-state index in [0.29, 0.717) is 11.6 Å². The van der Waals surface area contributed by atoms with Crippen LogP contribution < -0.4 is 0 Å². The van der Waals surface area contributed by atoms with E-state index in [-0.39, 0.29) is 6.10 Å². The van der Waals surface area contributed by atoms with Crippen molar-refractivity contribution in [2.24, 2.45) is 7.05 Å². The third kappa shape index (κ3) is 2.42. The fourth-order valence-electron chi connectivity index (χ4n) is 2.91. The molecule has 0 bridgehead atoms. The van der Waals surface area contributed by atoms with Gasteiger partial charge in [-0.15, -0.1) is 0 Å². The molecule has 1 aliphatic rings. The van der Waals surface area contributed by atoms with Crippen LogP contribution in [0.5, 0.6) is 0 Å². The number of aryl methyl sites for hydroxylation is 2. The second-order valence-electron chi connectivity index (χ2n) is 5.23. The van der Waals surface area contributed by atoms with Crippen molar-refractivity contribution in [1.29, 1.82) is 0 Å². The number of nitrogens with zero attached hydrogens (tertiary/aromatic N) is 2. The summed E-state index contributed by atoms with van der Waals surface area (Å²) in [6.45, 7) is 1.93. The van der Waals surface area contributed by atoms with Gasteiger partial charge >= 0.3 is 0 Å². The van der Waals surface area contributed by atoms with E-state index in [2.05, 4.69) is 5.10 Å². The van der Waals surface area contributed by atoms with Gasteiger partial charge in [0, 0.05) is 26.1 Å². The van der Waals surface area contributed by atoms with Crippen LogP contribution in [0, 0.1) is 6.92 Å². The van der Waals surface area contributed by atoms with Gasteiger partial charge in [-0.05, 0) is 19.8 Å². The minimum atomic E-state index is -0.815. The molecule has 1 fully saturated rings. The Bertz CT molecular complexity index is 433. The van der Waals surface area contributed by atoms with Gasteiger partial charge in [-0.1, -0.05) is 24.4 Å². The molecule has 1 heterocycles. The fourth-order valence-corrected chi connectivity index (χ4v) is 3.15. The van der Waals surface area contributed by atoms with Crippen molar-refractivity contribution >= 4 is 11.6 Å². The number of ether oxygens (including phenoxy) is 1. The van der Waals surface area contributed by atoms with Crippen LogP contribution in [0.1, 0.15) is 36.9 Å². The van der Waals surface area contributed by atoms with Crippen LogP contribution in [0.15, 0.2) is 0 Å². The number of hydrogen-bond acceptors (Lipinski definition) is 3. The van der Waals surface area contributed by atoms with Crippen LogP contribution in [0.3, 0.4) is 0 Å². The molecule has 0 radical (unpaired) electrons. The molecule has 0 amide bonds. The Labute approximate surface area is 113 Å². The van der Waals surface area contributed by atoms with Gasteiger partial charge in [0.1, 0.15) is 5.15 Å². The molecular weight excluding hydrogens is 252 g/mol. The first-order valence-corrected chi connectivity index (χ1v) is 6.79. The highest BCUT2D eigenvalue weighted by atomic mass is 35.5. The monoisotopic (exact) mass is 272 g/mol. The van der Waals surface area contributed by atoms with Gasteiger partial charge in [-0.3, -0.25) is 4.68 Å². The highest BCUT2D eigenvalue weighted by Crippen LogP contribution is 2.35. The number of rotatable bonds is 3. The van der Waals surface area contributed by atoms with Crippen molar-refractivity contribution in [2.45, 2.75) is 50.7 Å². The molecule has 1 aliphatic carbocycles. The summed E-state index contributed by atoms with van der Waals surface area (Å²) < 4.78 is 7.10. The SMILES string of the molecule is COC1CCCCC1(O)Cc1c(C)nn(C)c1Cl. The summed E-state index contributed by atoms with van der Waals surface area (Å²) in [6, 6.07) is 0. The van der Waals surface area contributed by atoms with E-state index in [1.807, 2.05) is 14.0 Å². The summed E-state index contributed by atoms with van der Waals surface area (Å²) in [5.41, 5.74) is 1.01. The third-order valence-electron chi connectivity index (χ3n) is 3.96. The van der Waals surface area contributed by atoms with Gasteiger partial charge in [0.25, 0.3) is 0 Å². The van der Waals surface area contributed by atoms with E-state index in [0.717, 1.165) is 36.9 Å². The number of aliphatic hydroxyl groups is 1. The van der Waals surface area contributed by atoms with Gasteiger partial charge in [-0.2, -0.15) is 5.10 Å². The zero-order valence-corrected chi connectivity index (χ0v) is 12.0. The van der Waals surface area contributed by atoms with Gasteiger partial charge in [0.05, 0.1) is 17.4 Å². The molecule has 0 aliphatic heterocycles. The Balaban J connectivity index is 2.25. The number of methoxy groups -OCH3 is 1. The summed E-state index contributed by atoms with van der Waals surface area (Å²) in [7, 11) is 3.48. The lowest BCUT2D eigenvalue weighted by atomic mass is 9.78. The standard InChI is InChI=1S/C13H21ClN2O2/c1-9-10(12(14)16(2)15-9)8-13(17)7-5-4-6-11(13)18-3/h11,17H,4-8H2,1-3H3.